The molecule has 1 heterocycles. The maximum atomic E-state index is 9.50. The van der Waals surface area contributed by atoms with E-state index in [0.29, 0.717) is 16.7 Å². The first kappa shape index (κ1) is 14.1. The van der Waals surface area contributed by atoms with Crippen LogP contribution in [0.15, 0.2) is 65.1 Å². The van der Waals surface area contributed by atoms with Gasteiger partial charge in [-0.25, -0.2) is 0 Å². The van der Waals surface area contributed by atoms with E-state index in [1.54, 1.807) is 0 Å². The molecule has 0 aliphatic rings. The Hall–Kier alpha value is -2.90. The van der Waals surface area contributed by atoms with Gasteiger partial charge in [-0.05, 0) is 23.3 Å². The van der Waals surface area contributed by atoms with Gasteiger partial charge in [-0.1, -0.05) is 60.7 Å². The van der Waals surface area contributed by atoms with Gasteiger partial charge in [-0.3, -0.25) is 0 Å². The van der Waals surface area contributed by atoms with Crippen molar-refractivity contribution in [1.82, 2.24) is 0 Å². The minimum atomic E-state index is 0.0473. The van der Waals surface area contributed by atoms with Crippen molar-refractivity contribution in [2.24, 2.45) is 0 Å². The van der Waals surface area contributed by atoms with Crippen molar-refractivity contribution in [2.45, 2.75) is 0 Å². The predicted octanol–water partition coefficient (Wildman–Crippen LogP) is 4.80. The molecule has 0 bridgehead atoms. The predicted molar refractivity (Wildman–Crippen MR) is 89.5 cm³/mol. The maximum Gasteiger partial charge on any atom is 0.210 e. The van der Waals surface area contributed by atoms with Gasteiger partial charge < -0.3 is 10.2 Å². The second-order valence-electron chi connectivity index (χ2n) is 4.72. The molecule has 0 saturated carbocycles. The zero-order valence-electron chi connectivity index (χ0n) is 11.6. The Kier molecular flexibility index (Phi) is 3.73. The Labute approximate surface area is 133 Å². The molecule has 0 spiro atoms. The molecule has 1 aromatic heterocycles. The number of nitrogen functional groups attached to an aromatic ring is 1. The molecule has 0 aliphatic heterocycles. The summed E-state index contributed by atoms with van der Waals surface area (Å²) in [5, 5.41) is 9.50. The van der Waals surface area contributed by atoms with E-state index >= 15 is 0 Å². The highest BCUT2D eigenvalue weighted by Crippen LogP contribution is 2.38. The van der Waals surface area contributed by atoms with Crippen molar-refractivity contribution in [2.75, 3.05) is 5.73 Å². The second kappa shape index (κ2) is 5.84. The van der Waals surface area contributed by atoms with Crippen LogP contribution in [-0.2, 0) is 0 Å². The highest BCUT2D eigenvalue weighted by Gasteiger charge is 2.19. The Morgan fingerprint density at radius 3 is 1.86 bits per heavy atom. The lowest BCUT2D eigenvalue weighted by Gasteiger charge is -2.13. The summed E-state index contributed by atoms with van der Waals surface area (Å²) in [6.45, 7) is 0. The van der Waals surface area contributed by atoms with Crippen molar-refractivity contribution >= 4 is 18.1 Å². The van der Waals surface area contributed by atoms with Crippen LogP contribution in [0.3, 0.4) is 0 Å². The van der Waals surface area contributed by atoms with E-state index in [-0.39, 0.29) is 10.6 Å². The zero-order chi connectivity index (χ0) is 15.5. The Morgan fingerprint density at radius 2 is 1.36 bits per heavy atom. The highest BCUT2D eigenvalue weighted by atomic mass is 32.1. The van der Waals surface area contributed by atoms with Crippen LogP contribution in [0.2, 0.25) is 0 Å². The molecule has 22 heavy (non-hydrogen) atoms. The van der Waals surface area contributed by atoms with E-state index in [1.165, 1.54) is 0 Å². The fraction of sp³-hybridized carbons (Fsp3) is 0. The molecule has 0 atom stereocenters. The van der Waals surface area contributed by atoms with Gasteiger partial charge in [0.15, 0.2) is 0 Å². The van der Waals surface area contributed by atoms with Crippen molar-refractivity contribution < 1.29 is 4.42 Å². The average Bonchev–Trinajstić information content (AvgIpc) is 2.56. The van der Waals surface area contributed by atoms with Crippen LogP contribution in [0.4, 0.5) is 5.88 Å². The van der Waals surface area contributed by atoms with Crippen molar-refractivity contribution in [3.63, 3.8) is 0 Å². The lowest BCUT2D eigenvalue weighted by molar-refractivity contribution is 0.556. The van der Waals surface area contributed by atoms with Gasteiger partial charge in [0, 0.05) is 11.1 Å². The first-order valence-corrected chi connectivity index (χ1v) is 7.10. The third-order valence-corrected chi connectivity index (χ3v) is 3.68. The van der Waals surface area contributed by atoms with Crippen LogP contribution in [0, 0.1) is 16.0 Å². The summed E-state index contributed by atoms with van der Waals surface area (Å²) in [5.41, 5.74) is 9.37. The summed E-state index contributed by atoms with van der Waals surface area (Å²) >= 11 is 5.36. The molecule has 4 heteroatoms. The summed E-state index contributed by atoms with van der Waals surface area (Å²) < 4.78 is 5.70. The quantitative estimate of drug-likeness (QED) is 0.691. The number of nitrogens with two attached hydrogens (primary N) is 1. The van der Waals surface area contributed by atoms with E-state index in [9.17, 15) is 5.26 Å². The van der Waals surface area contributed by atoms with Gasteiger partial charge in [-0.2, -0.15) is 5.26 Å². The van der Waals surface area contributed by atoms with E-state index < -0.39 is 0 Å². The lowest BCUT2D eigenvalue weighted by atomic mass is 9.93. The molecule has 0 saturated heterocycles. The fourth-order valence-corrected chi connectivity index (χ4v) is 2.73. The van der Waals surface area contributed by atoms with E-state index in [0.717, 1.165) is 11.1 Å². The van der Waals surface area contributed by atoms with Gasteiger partial charge in [0.2, 0.25) is 10.6 Å². The third-order valence-electron chi connectivity index (χ3n) is 3.39. The standard InChI is InChI=1S/C18H12N2OS/c19-11-14-15(12-7-3-1-4-8-12)16(18(22)21-17(14)20)13-9-5-2-6-10-13/h1-10H,20H2. The first-order valence-electron chi connectivity index (χ1n) is 6.70. The van der Waals surface area contributed by atoms with E-state index in [2.05, 4.69) is 6.07 Å². The molecule has 0 radical (unpaired) electrons. The smallest absolute Gasteiger partial charge is 0.210 e. The minimum absolute atomic E-state index is 0.0473. The number of hydrogen-bond acceptors (Lipinski definition) is 4. The SMILES string of the molecule is N#Cc1c(N)oc(=S)c(-c2ccccc2)c1-c1ccccc1. The highest BCUT2D eigenvalue weighted by molar-refractivity contribution is 7.71. The number of rotatable bonds is 2. The van der Waals surface area contributed by atoms with Crippen LogP contribution >= 0.6 is 12.2 Å². The summed E-state index contributed by atoms with van der Waals surface area (Å²) in [7, 11) is 0. The Bertz CT molecular complexity index is 910. The molecule has 106 valence electrons. The Morgan fingerprint density at radius 1 is 0.864 bits per heavy atom. The molecule has 3 rings (SSSR count). The van der Waals surface area contributed by atoms with Crippen molar-refractivity contribution in [3.8, 4) is 28.3 Å². The normalized spacial score (nSPS) is 10.1. The van der Waals surface area contributed by atoms with Crippen LogP contribution in [-0.4, -0.2) is 0 Å². The molecule has 0 unspecified atom stereocenters. The van der Waals surface area contributed by atoms with Gasteiger partial charge in [-0.15, -0.1) is 0 Å². The largest absolute Gasteiger partial charge is 0.428 e. The monoisotopic (exact) mass is 304 g/mol. The molecule has 0 amide bonds. The van der Waals surface area contributed by atoms with Crippen LogP contribution in [0.1, 0.15) is 5.56 Å². The van der Waals surface area contributed by atoms with Crippen LogP contribution < -0.4 is 5.73 Å². The molecule has 2 N–H and O–H groups in total. The number of anilines is 1. The molecular formula is C18H12N2OS. The minimum Gasteiger partial charge on any atom is -0.428 e. The van der Waals surface area contributed by atoms with Crippen LogP contribution in [0.5, 0.6) is 0 Å². The maximum absolute atomic E-state index is 9.50. The topological polar surface area (TPSA) is 63.0 Å². The number of benzene rings is 2. The molecule has 0 aliphatic carbocycles. The van der Waals surface area contributed by atoms with E-state index in [4.69, 9.17) is 22.4 Å². The average molecular weight is 304 g/mol. The second-order valence-corrected chi connectivity index (χ2v) is 5.09. The number of hydrogen-bond donors (Lipinski definition) is 1. The summed E-state index contributed by atoms with van der Waals surface area (Å²) in [5.74, 6) is 0.0473. The molecule has 3 nitrogen and oxygen atoms in total. The number of nitrogens with zero attached hydrogens (tertiary/aromatic N) is 1. The molecule has 3 aromatic rings. The molecule has 2 aromatic carbocycles. The molecular weight excluding hydrogens is 292 g/mol. The Balaban J connectivity index is 2.45. The number of nitriles is 1. The van der Waals surface area contributed by atoms with Gasteiger partial charge in [0.1, 0.15) is 11.6 Å². The summed E-state index contributed by atoms with van der Waals surface area (Å²) in [6, 6.07) is 21.4. The van der Waals surface area contributed by atoms with Crippen molar-refractivity contribution in [3.05, 3.63) is 70.9 Å². The van der Waals surface area contributed by atoms with Crippen LogP contribution in [0.25, 0.3) is 22.3 Å². The van der Waals surface area contributed by atoms with E-state index in [1.807, 2.05) is 60.7 Å². The van der Waals surface area contributed by atoms with Gasteiger partial charge in [0.05, 0.1) is 0 Å². The summed E-state index contributed by atoms with van der Waals surface area (Å²) in [4.78, 5) is 0. The zero-order valence-corrected chi connectivity index (χ0v) is 12.4. The lowest BCUT2D eigenvalue weighted by Crippen LogP contribution is -1.97. The summed E-state index contributed by atoms with van der Waals surface area (Å²) in [6.07, 6.45) is 0. The fourth-order valence-electron chi connectivity index (χ4n) is 2.42. The van der Waals surface area contributed by atoms with Gasteiger partial charge in [0.25, 0.3) is 0 Å². The van der Waals surface area contributed by atoms with Gasteiger partial charge >= 0.3 is 0 Å². The van der Waals surface area contributed by atoms with Crippen molar-refractivity contribution in [1.29, 1.82) is 5.26 Å². The molecule has 0 fully saturated rings. The first-order chi connectivity index (χ1) is 10.7. The third kappa shape index (κ3) is 2.39.